The van der Waals surface area contributed by atoms with Crippen molar-refractivity contribution in [2.24, 2.45) is 0 Å². The fraction of sp³-hybridized carbons (Fsp3) is 0.318. The van der Waals surface area contributed by atoms with Crippen LogP contribution in [0.5, 0.6) is 0 Å². The molecule has 27 heavy (non-hydrogen) atoms. The first-order valence-electron chi connectivity index (χ1n) is 9.58. The van der Waals surface area contributed by atoms with Gasteiger partial charge in [0.15, 0.2) is 0 Å². The summed E-state index contributed by atoms with van der Waals surface area (Å²) in [5.74, 6) is -0.230. The van der Waals surface area contributed by atoms with E-state index in [9.17, 15) is 4.39 Å². The van der Waals surface area contributed by atoms with Gasteiger partial charge in [-0.2, -0.15) is 0 Å². The lowest BCUT2D eigenvalue weighted by atomic mass is 10.1. The summed E-state index contributed by atoms with van der Waals surface area (Å²) in [6.07, 6.45) is 7.54. The molecule has 3 aromatic rings. The Hall–Kier alpha value is -2.50. The van der Waals surface area contributed by atoms with Crippen molar-refractivity contribution in [3.63, 3.8) is 0 Å². The molecule has 1 aliphatic rings. The third-order valence-electron chi connectivity index (χ3n) is 5.23. The van der Waals surface area contributed by atoms with E-state index in [1.54, 1.807) is 29.4 Å². The smallest absolute Gasteiger partial charge is 0.147 e. The van der Waals surface area contributed by atoms with E-state index in [-0.39, 0.29) is 5.82 Å². The number of nitrogens with zero attached hydrogens (tertiary/aromatic N) is 3. The van der Waals surface area contributed by atoms with E-state index in [4.69, 9.17) is 0 Å². The molecular formula is C22H25FN4. The molecule has 1 atom stereocenters. The number of hydrogen-bond acceptors (Lipinski definition) is 3. The Kier molecular flexibility index (Phi) is 5.61. The Bertz CT molecular complexity index is 842. The second-order valence-corrected chi connectivity index (χ2v) is 7.06. The van der Waals surface area contributed by atoms with Gasteiger partial charge in [0.1, 0.15) is 5.82 Å². The van der Waals surface area contributed by atoms with Crippen molar-refractivity contribution < 1.29 is 4.39 Å². The lowest BCUT2D eigenvalue weighted by Crippen LogP contribution is -2.34. The number of nitrogens with one attached hydrogen (secondary N) is 1. The molecule has 0 radical (unpaired) electrons. The predicted octanol–water partition coefficient (Wildman–Crippen LogP) is 3.94. The molecule has 1 unspecified atom stereocenters. The molecule has 0 aliphatic carbocycles. The molecule has 1 N–H and O–H groups in total. The highest BCUT2D eigenvalue weighted by Crippen LogP contribution is 2.24. The quantitative estimate of drug-likeness (QED) is 0.689. The molecule has 0 amide bonds. The molecule has 2 aromatic carbocycles. The highest BCUT2D eigenvalue weighted by Gasteiger charge is 2.22. The molecule has 4 rings (SSSR count). The number of hydrogen-bond donors (Lipinski definition) is 1. The van der Waals surface area contributed by atoms with Crippen molar-refractivity contribution in [2.45, 2.75) is 25.4 Å². The molecule has 0 spiro atoms. The van der Waals surface area contributed by atoms with Gasteiger partial charge >= 0.3 is 0 Å². The standard InChI is InChI=1S/C22H25FN4/c23-20-14-18(8-9-21(20)27-13-10-24-17-27)15-25-16-22(26-11-4-5-12-26)19-6-2-1-3-7-19/h1-3,6-10,13-14,17,22,25H,4-5,11-12,15-16H2. The summed E-state index contributed by atoms with van der Waals surface area (Å²) in [4.78, 5) is 6.52. The maximum absolute atomic E-state index is 14.4. The Balaban J connectivity index is 1.41. The molecule has 4 nitrogen and oxygen atoms in total. The van der Waals surface area contributed by atoms with Gasteiger partial charge < -0.3 is 9.88 Å². The van der Waals surface area contributed by atoms with Gasteiger partial charge in [0, 0.05) is 31.5 Å². The maximum Gasteiger partial charge on any atom is 0.147 e. The zero-order valence-electron chi connectivity index (χ0n) is 15.4. The topological polar surface area (TPSA) is 33.1 Å². The van der Waals surface area contributed by atoms with E-state index < -0.39 is 0 Å². The second kappa shape index (κ2) is 8.46. The summed E-state index contributed by atoms with van der Waals surface area (Å²) in [7, 11) is 0. The van der Waals surface area contributed by atoms with Crippen LogP contribution in [0.4, 0.5) is 4.39 Å². The third kappa shape index (κ3) is 4.26. The largest absolute Gasteiger partial charge is 0.311 e. The minimum atomic E-state index is -0.230. The van der Waals surface area contributed by atoms with Crippen LogP contribution >= 0.6 is 0 Å². The normalized spacial score (nSPS) is 15.9. The van der Waals surface area contributed by atoms with Gasteiger partial charge in [-0.05, 0) is 49.2 Å². The molecule has 5 heteroatoms. The van der Waals surface area contributed by atoms with Crippen molar-refractivity contribution in [1.82, 2.24) is 19.8 Å². The number of benzene rings is 2. The van der Waals surface area contributed by atoms with Gasteiger partial charge in [-0.3, -0.25) is 4.90 Å². The van der Waals surface area contributed by atoms with E-state index >= 15 is 0 Å². The average molecular weight is 364 g/mol. The molecule has 1 saturated heterocycles. The fourth-order valence-electron chi connectivity index (χ4n) is 3.81. The van der Waals surface area contributed by atoms with Crippen LogP contribution in [0, 0.1) is 5.82 Å². The molecular weight excluding hydrogens is 339 g/mol. The molecule has 1 fully saturated rings. The number of rotatable bonds is 7. The molecule has 1 aromatic heterocycles. The number of imidazole rings is 1. The Morgan fingerprint density at radius 3 is 2.59 bits per heavy atom. The minimum Gasteiger partial charge on any atom is -0.311 e. The molecule has 0 saturated carbocycles. The monoisotopic (exact) mass is 364 g/mol. The van der Waals surface area contributed by atoms with Crippen molar-refractivity contribution >= 4 is 0 Å². The van der Waals surface area contributed by atoms with Crippen LogP contribution in [0.15, 0.2) is 67.3 Å². The molecule has 2 heterocycles. The summed E-state index contributed by atoms with van der Waals surface area (Å²) >= 11 is 0. The maximum atomic E-state index is 14.4. The van der Waals surface area contributed by atoms with Crippen LogP contribution in [-0.4, -0.2) is 34.1 Å². The van der Waals surface area contributed by atoms with E-state index in [1.807, 2.05) is 12.1 Å². The van der Waals surface area contributed by atoms with Crippen LogP contribution in [0.2, 0.25) is 0 Å². The average Bonchev–Trinajstić information content (AvgIpc) is 3.40. The van der Waals surface area contributed by atoms with Crippen LogP contribution in [0.3, 0.4) is 0 Å². The lowest BCUT2D eigenvalue weighted by Gasteiger charge is -2.28. The number of likely N-dealkylation sites (tertiary alicyclic amines) is 1. The van der Waals surface area contributed by atoms with Crippen molar-refractivity contribution in [2.75, 3.05) is 19.6 Å². The van der Waals surface area contributed by atoms with Gasteiger partial charge in [-0.1, -0.05) is 36.4 Å². The molecule has 1 aliphatic heterocycles. The van der Waals surface area contributed by atoms with E-state index in [1.165, 1.54) is 18.4 Å². The number of aromatic nitrogens is 2. The first-order chi connectivity index (χ1) is 13.3. The third-order valence-corrected chi connectivity index (χ3v) is 5.23. The summed E-state index contributed by atoms with van der Waals surface area (Å²) in [6, 6.07) is 16.4. The van der Waals surface area contributed by atoms with Gasteiger partial charge in [-0.25, -0.2) is 9.37 Å². The van der Waals surface area contributed by atoms with Gasteiger partial charge in [-0.15, -0.1) is 0 Å². The molecule has 140 valence electrons. The van der Waals surface area contributed by atoms with Gasteiger partial charge in [0.25, 0.3) is 0 Å². The van der Waals surface area contributed by atoms with Crippen LogP contribution < -0.4 is 5.32 Å². The van der Waals surface area contributed by atoms with Crippen LogP contribution in [0.1, 0.15) is 30.0 Å². The zero-order valence-corrected chi connectivity index (χ0v) is 15.4. The van der Waals surface area contributed by atoms with Gasteiger partial charge in [0.05, 0.1) is 12.0 Å². The fourth-order valence-corrected chi connectivity index (χ4v) is 3.81. The van der Waals surface area contributed by atoms with Gasteiger partial charge in [0.2, 0.25) is 0 Å². The Morgan fingerprint density at radius 1 is 1.07 bits per heavy atom. The summed E-state index contributed by atoms with van der Waals surface area (Å²) in [5.41, 5.74) is 2.81. The Labute approximate surface area is 159 Å². The minimum absolute atomic E-state index is 0.230. The van der Waals surface area contributed by atoms with E-state index in [2.05, 4.69) is 45.5 Å². The number of halogens is 1. The first kappa shape index (κ1) is 17.9. The predicted molar refractivity (Wildman–Crippen MR) is 105 cm³/mol. The summed E-state index contributed by atoms with van der Waals surface area (Å²) < 4.78 is 16.1. The lowest BCUT2D eigenvalue weighted by molar-refractivity contribution is 0.238. The molecule has 0 bridgehead atoms. The highest BCUT2D eigenvalue weighted by atomic mass is 19.1. The van der Waals surface area contributed by atoms with E-state index in [0.29, 0.717) is 18.3 Å². The zero-order chi connectivity index (χ0) is 18.5. The summed E-state index contributed by atoms with van der Waals surface area (Å²) in [6.45, 7) is 3.80. The van der Waals surface area contributed by atoms with Crippen LogP contribution in [0.25, 0.3) is 5.69 Å². The van der Waals surface area contributed by atoms with Crippen LogP contribution in [-0.2, 0) is 6.54 Å². The highest BCUT2D eigenvalue weighted by molar-refractivity contribution is 5.36. The second-order valence-electron chi connectivity index (χ2n) is 7.06. The summed E-state index contributed by atoms with van der Waals surface area (Å²) in [5, 5.41) is 3.53. The first-order valence-corrected chi connectivity index (χ1v) is 9.58. The SMILES string of the molecule is Fc1cc(CNCC(c2ccccc2)N2CCCC2)ccc1-n1ccnc1. The van der Waals surface area contributed by atoms with E-state index in [0.717, 1.165) is 25.2 Å². The van der Waals surface area contributed by atoms with Crippen molar-refractivity contribution in [1.29, 1.82) is 0 Å². The van der Waals surface area contributed by atoms with Crippen molar-refractivity contribution in [3.8, 4) is 5.69 Å². The Morgan fingerprint density at radius 2 is 1.89 bits per heavy atom. The van der Waals surface area contributed by atoms with Crippen molar-refractivity contribution in [3.05, 3.63) is 84.2 Å².